The Bertz CT molecular complexity index is 916. The molecule has 0 unspecified atom stereocenters. The predicted molar refractivity (Wildman–Crippen MR) is 103 cm³/mol. The molecule has 0 radical (unpaired) electrons. The van der Waals surface area contributed by atoms with Crippen molar-refractivity contribution in [1.29, 1.82) is 0 Å². The molecule has 138 valence electrons. The number of nitrogens with zero attached hydrogens (tertiary/aromatic N) is 3. The predicted octanol–water partition coefficient (Wildman–Crippen LogP) is 3.53. The van der Waals surface area contributed by atoms with Gasteiger partial charge in [0.25, 0.3) is 5.91 Å². The Labute approximate surface area is 167 Å². The minimum Gasteiger partial charge on any atom is -0.274 e. The average Bonchev–Trinajstić information content (AvgIpc) is 3.30. The van der Waals surface area contributed by atoms with Gasteiger partial charge in [0, 0.05) is 23.1 Å². The topological polar surface area (TPSA) is 43.9 Å². The molecule has 3 fully saturated rings. The summed E-state index contributed by atoms with van der Waals surface area (Å²) in [5.41, 5.74) is 1.59. The molecular formula is C20H17Cl2N3O2. The second kappa shape index (κ2) is 6.31. The number of imide groups is 1. The first-order valence-electron chi connectivity index (χ1n) is 8.98. The zero-order chi connectivity index (χ0) is 18.7. The number of carbonyl (C=O) groups excluding carboxylic acids is 2. The van der Waals surface area contributed by atoms with Crippen molar-refractivity contribution in [3.8, 4) is 0 Å². The van der Waals surface area contributed by atoms with E-state index >= 15 is 0 Å². The molecule has 2 aromatic carbocycles. The first-order chi connectivity index (χ1) is 13.1. The highest BCUT2D eigenvalue weighted by atomic mass is 35.5. The van der Waals surface area contributed by atoms with E-state index < -0.39 is 12.0 Å². The summed E-state index contributed by atoms with van der Waals surface area (Å²) in [5.74, 6) is -0.730. The second-order valence-electron chi connectivity index (χ2n) is 7.14. The van der Waals surface area contributed by atoms with Crippen LogP contribution >= 0.6 is 23.2 Å². The van der Waals surface area contributed by atoms with Gasteiger partial charge in [-0.1, -0.05) is 35.3 Å². The van der Waals surface area contributed by atoms with Crippen LogP contribution in [0, 0.1) is 5.92 Å². The van der Waals surface area contributed by atoms with Gasteiger partial charge in [0.2, 0.25) is 5.91 Å². The van der Waals surface area contributed by atoms with Gasteiger partial charge in [0.15, 0.2) is 0 Å². The Kier molecular flexibility index (Phi) is 4.02. The van der Waals surface area contributed by atoms with Crippen molar-refractivity contribution in [2.45, 2.75) is 18.5 Å². The molecule has 5 nitrogen and oxygen atoms in total. The minimum absolute atomic E-state index is 0.150. The monoisotopic (exact) mass is 401 g/mol. The van der Waals surface area contributed by atoms with Crippen LogP contribution in [0.5, 0.6) is 0 Å². The van der Waals surface area contributed by atoms with E-state index in [2.05, 4.69) is 10.0 Å². The minimum atomic E-state index is -0.448. The van der Waals surface area contributed by atoms with Gasteiger partial charge in [0.1, 0.15) is 6.04 Å². The molecule has 2 amide bonds. The zero-order valence-electron chi connectivity index (χ0n) is 14.4. The highest BCUT2D eigenvalue weighted by molar-refractivity contribution is 6.31. The van der Waals surface area contributed by atoms with Crippen molar-refractivity contribution in [2.75, 3.05) is 18.0 Å². The molecule has 3 atom stereocenters. The number of carbonyl (C=O) groups is 2. The van der Waals surface area contributed by atoms with Crippen molar-refractivity contribution in [3.63, 3.8) is 0 Å². The highest BCUT2D eigenvalue weighted by Gasteiger charge is 2.62. The van der Waals surface area contributed by atoms with Gasteiger partial charge >= 0.3 is 0 Å². The van der Waals surface area contributed by atoms with Crippen LogP contribution in [0.25, 0.3) is 0 Å². The van der Waals surface area contributed by atoms with Gasteiger partial charge in [-0.25, -0.2) is 14.9 Å². The molecule has 7 heteroatoms. The maximum atomic E-state index is 13.4. The summed E-state index contributed by atoms with van der Waals surface area (Å²) >= 11 is 12.0. The van der Waals surface area contributed by atoms with Crippen LogP contribution in [0.2, 0.25) is 10.0 Å². The molecule has 0 spiro atoms. The van der Waals surface area contributed by atoms with E-state index in [-0.39, 0.29) is 17.9 Å². The van der Waals surface area contributed by atoms with Crippen LogP contribution < -0.4 is 4.90 Å². The fraction of sp³-hybridized carbons (Fsp3) is 0.300. The number of hydrazine groups is 1. The number of rotatable bonds is 2. The Balaban J connectivity index is 1.57. The number of halogens is 2. The molecule has 0 saturated carbocycles. The molecule has 0 N–H and O–H groups in total. The maximum Gasteiger partial charge on any atom is 0.253 e. The Morgan fingerprint density at radius 1 is 0.741 bits per heavy atom. The fourth-order valence-corrected chi connectivity index (χ4v) is 4.87. The summed E-state index contributed by atoms with van der Waals surface area (Å²) in [6, 6.07) is 13.8. The number of hydrogen-bond acceptors (Lipinski definition) is 4. The maximum absolute atomic E-state index is 13.4. The summed E-state index contributed by atoms with van der Waals surface area (Å²) in [7, 11) is 0. The van der Waals surface area contributed by atoms with Crippen molar-refractivity contribution < 1.29 is 9.59 Å². The molecule has 0 aromatic heterocycles. The Morgan fingerprint density at radius 3 is 1.93 bits per heavy atom. The normalized spacial score (nSPS) is 28.1. The van der Waals surface area contributed by atoms with E-state index in [1.807, 2.05) is 24.3 Å². The Morgan fingerprint density at radius 2 is 1.30 bits per heavy atom. The zero-order valence-corrected chi connectivity index (χ0v) is 15.9. The SMILES string of the molecule is O=C1[C@H]2[C@@H](c3ccc(Cl)cc3)N3CCCN3[C@H]2C(=O)N1c1ccc(Cl)cc1. The van der Waals surface area contributed by atoms with Crippen LogP contribution in [-0.2, 0) is 9.59 Å². The standard InChI is InChI=1S/C20H17Cl2N3O2/c21-13-4-2-12(3-5-13)17-16-18(24-11-1-10-23(17)24)20(27)25(19(16)26)15-8-6-14(22)7-9-15/h2-9,16-18H,1,10-11H2/t16-,17+,18+/m0/s1. The lowest BCUT2D eigenvalue weighted by Crippen LogP contribution is -2.44. The van der Waals surface area contributed by atoms with Crippen molar-refractivity contribution in [3.05, 3.63) is 64.1 Å². The van der Waals surface area contributed by atoms with Crippen LogP contribution in [0.3, 0.4) is 0 Å². The first-order valence-corrected chi connectivity index (χ1v) is 9.74. The summed E-state index contributed by atoms with van der Waals surface area (Å²) in [6.45, 7) is 1.64. The average molecular weight is 402 g/mol. The smallest absolute Gasteiger partial charge is 0.253 e. The van der Waals surface area contributed by atoms with Gasteiger partial charge in [-0.05, 0) is 48.4 Å². The lowest BCUT2D eigenvalue weighted by atomic mass is 9.90. The quantitative estimate of drug-likeness (QED) is 0.721. The van der Waals surface area contributed by atoms with E-state index in [1.54, 1.807) is 24.3 Å². The molecule has 5 rings (SSSR count). The molecule has 3 aliphatic heterocycles. The molecule has 3 aliphatic rings. The number of anilines is 1. The van der Waals surface area contributed by atoms with Gasteiger partial charge < -0.3 is 0 Å². The van der Waals surface area contributed by atoms with E-state index in [0.717, 1.165) is 25.1 Å². The Hall–Kier alpha value is -1.92. The number of benzene rings is 2. The molecule has 3 saturated heterocycles. The molecule has 27 heavy (non-hydrogen) atoms. The summed E-state index contributed by atoms with van der Waals surface area (Å²) < 4.78 is 0. The third kappa shape index (κ3) is 2.53. The van der Waals surface area contributed by atoms with Crippen LogP contribution in [0.15, 0.2) is 48.5 Å². The summed E-state index contributed by atoms with van der Waals surface area (Å²) in [4.78, 5) is 27.9. The largest absolute Gasteiger partial charge is 0.274 e. The molecule has 3 heterocycles. The van der Waals surface area contributed by atoms with Gasteiger partial charge in [-0.15, -0.1) is 0 Å². The molecular weight excluding hydrogens is 385 g/mol. The molecule has 0 aliphatic carbocycles. The number of amides is 2. The third-order valence-electron chi connectivity index (χ3n) is 5.70. The number of fused-ring (bicyclic) bond motifs is 3. The lowest BCUT2D eigenvalue weighted by molar-refractivity contribution is -0.126. The highest BCUT2D eigenvalue weighted by Crippen LogP contribution is 2.49. The summed E-state index contributed by atoms with van der Waals surface area (Å²) in [5, 5.41) is 5.50. The van der Waals surface area contributed by atoms with Gasteiger partial charge in [-0.3, -0.25) is 9.59 Å². The van der Waals surface area contributed by atoms with E-state index in [4.69, 9.17) is 23.2 Å². The van der Waals surface area contributed by atoms with Crippen molar-refractivity contribution >= 4 is 40.7 Å². The lowest BCUT2D eigenvalue weighted by Gasteiger charge is -2.29. The van der Waals surface area contributed by atoms with Gasteiger partial charge in [0.05, 0.1) is 17.6 Å². The fourth-order valence-electron chi connectivity index (χ4n) is 4.62. The van der Waals surface area contributed by atoms with Crippen LogP contribution in [0.1, 0.15) is 18.0 Å². The molecule has 0 bridgehead atoms. The van der Waals surface area contributed by atoms with Gasteiger partial charge in [-0.2, -0.15) is 0 Å². The van der Waals surface area contributed by atoms with Crippen molar-refractivity contribution in [2.24, 2.45) is 5.92 Å². The van der Waals surface area contributed by atoms with Crippen LogP contribution in [-0.4, -0.2) is 41.0 Å². The summed E-state index contributed by atoms with van der Waals surface area (Å²) in [6.07, 6.45) is 0.982. The van der Waals surface area contributed by atoms with E-state index in [1.165, 1.54) is 4.90 Å². The van der Waals surface area contributed by atoms with Crippen molar-refractivity contribution in [1.82, 2.24) is 10.0 Å². The first kappa shape index (κ1) is 17.2. The van der Waals surface area contributed by atoms with Crippen LogP contribution in [0.4, 0.5) is 5.69 Å². The van der Waals surface area contributed by atoms with E-state index in [9.17, 15) is 9.59 Å². The number of hydrogen-bond donors (Lipinski definition) is 0. The molecule has 2 aromatic rings. The van der Waals surface area contributed by atoms with E-state index in [0.29, 0.717) is 15.7 Å². The third-order valence-corrected chi connectivity index (χ3v) is 6.21. The second-order valence-corrected chi connectivity index (χ2v) is 8.01.